The highest BCUT2D eigenvalue weighted by Gasteiger charge is 2.17. The molecule has 0 unspecified atom stereocenters. The smallest absolute Gasteiger partial charge is 0.272 e. The van der Waals surface area contributed by atoms with Gasteiger partial charge in [-0.2, -0.15) is 0 Å². The number of aromatic nitrogens is 1. The summed E-state index contributed by atoms with van der Waals surface area (Å²) < 4.78 is 16.0. The Balaban J connectivity index is 1.22. The van der Waals surface area contributed by atoms with Gasteiger partial charge in [-0.1, -0.05) is 30.3 Å². The Hall–Kier alpha value is -5.59. The molecule has 4 aromatic carbocycles. The van der Waals surface area contributed by atoms with Crippen molar-refractivity contribution in [2.45, 2.75) is 4.90 Å². The molecule has 0 fully saturated rings. The average Bonchev–Trinajstić information content (AvgIpc) is 3.59. The minimum Gasteiger partial charge on any atom is -0.497 e. The average molecular weight is 681 g/mol. The zero-order valence-electron chi connectivity index (χ0n) is 26.3. The van der Waals surface area contributed by atoms with Crippen molar-refractivity contribution in [2.24, 2.45) is 0 Å². The summed E-state index contributed by atoms with van der Waals surface area (Å²) in [6.07, 6.45) is 1.54. The molecule has 0 aliphatic rings. The van der Waals surface area contributed by atoms with Crippen molar-refractivity contribution >= 4 is 57.7 Å². The fourth-order valence-corrected chi connectivity index (χ4v) is 5.85. The Labute approximate surface area is 286 Å². The maximum absolute atomic E-state index is 13.5. The van der Waals surface area contributed by atoms with E-state index in [0.717, 1.165) is 21.9 Å². The molecule has 0 spiro atoms. The van der Waals surface area contributed by atoms with Crippen molar-refractivity contribution < 1.29 is 28.6 Å². The Kier molecular flexibility index (Phi) is 11.5. The van der Waals surface area contributed by atoms with Crippen LogP contribution in [-0.2, 0) is 9.59 Å². The van der Waals surface area contributed by atoms with Gasteiger partial charge in [0.2, 0.25) is 5.91 Å². The number of nitrogens with zero attached hydrogens (tertiary/aromatic N) is 1. The van der Waals surface area contributed by atoms with E-state index in [1.807, 2.05) is 29.6 Å². The molecule has 0 saturated heterocycles. The summed E-state index contributed by atoms with van der Waals surface area (Å²) in [6.45, 7) is 0. The van der Waals surface area contributed by atoms with Gasteiger partial charge in [-0.05, 0) is 66.7 Å². The highest BCUT2D eigenvalue weighted by molar-refractivity contribution is 8.00. The number of anilines is 2. The van der Waals surface area contributed by atoms with Crippen LogP contribution in [0.3, 0.4) is 0 Å². The summed E-state index contributed by atoms with van der Waals surface area (Å²) in [5.41, 5.74) is 3.13. The molecule has 1 heterocycles. The zero-order chi connectivity index (χ0) is 33.9. The van der Waals surface area contributed by atoms with Gasteiger partial charge in [-0.3, -0.25) is 14.4 Å². The molecule has 10 nitrogen and oxygen atoms in total. The van der Waals surface area contributed by atoms with Crippen LogP contribution in [0.15, 0.2) is 113 Å². The van der Waals surface area contributed by atoms with Crippen LogP contribution in [-0.4, -0.2) is 49.8 Å². The standard InChI is InChI=1S/C36H32N4O6S2/c1-44-27-11-7-10-24(18-27)31-21-48-36(39-31)40-33(41)22-47-29-16-13-26(14-17-29)37-35(43)30(38-34(42)23-8-5-4-6-9-23)19-25-12-15-28(45-2)20-32(25)46-3/h4-21H,22H2,1-3H3,(H,37,43)(H,38,42)(H,39,40,41)/b30-19-. The summed E-state index contributed by atoms with van der Waals surface area (Å²) in [6, 6.07) is 28.4. The maximum Gasteiger partial charge on any atom is 0.272 e. The summed E-state index contributed by atoms with van der Waals surface area (Å²) in [5.74, 6) is 0.780. The number of benzene rings is 4. The summed E-state index contributed by atoms with van der Waals surface area (Å²) >= 11 is 2.69. The Morgan fingerprint density at radius 1 is 0.812 bits per heavy atom. The molecule has 0 saturated carbocycles. The van der Waals surface area contributed by atoms with Gasteiger partial charge in [-0.15, -0.1) is 23.1 Å². The maximum atomic E-state index is 13.5. The van der Waals surface area contributed by atoms with Crippen molar-refractivity contribution in [2.75, 3.05) is 37.7 Å². The quantitative estimate of drug-likeness (QED) is 0.0899. The number of methoxy groups -OCH3 is 3. The lowest BCUT2D eigenvalue weighted by Crippen LogP contribution is -2.30. The number of amides is 3. The van der Waals surface area contributed by atoms with Crippen LogP contribution < -0.4 is 30.2 Å². The Morgan fingerprint density at radius 3 is 2.29 bits per heavy atom. The number of thiazole rings is 1. The van der Waals surface area contributed by atoms with Crippen LogP contribution in [0.2, 0.25) is 0 Å². The largest absolute Gasteiger partial charge is 0.497 e. The van der Waals surface area contributed by atoms with Gasteiger partial charge < -0.3 is 30.2 Å². The molecule has 0 radical (unpaired) electrons. The minimum absolute atomic E-state index is 0.0131. The third-order valence-electron chi connectivity index (χ3n) is 6.87. The van der Waals surface area contributed by atoms with E-state index in [2.05, 4.69) is 20.9 Å². The third kappa shape index (κ3) is 9.02. The second-order valence-electron chi connectivity index (χ2n) is 10.1. The molecule has 0 aliphatic heterocycles. The number of hydrogen-bond donors (Lipinski definition) is 3. The molecule has 12 heteroatoms. The topological polar surface area (TPSA) is 128 Å². The highest BCUT2D eigenvalue weighted by atomic mass is 32.2. The van der Waals surface area contributed by atoms with Crippen molar-refractivity contribution in [1.29, 1.82) is 0 Å². The van der Waals surface area contributed by atoms with E-state index in [4.69, 9.17) is 14.2 Å². The molecular formula is C36H32N4O6S2. The second-order valence-corrected chi connectivity index (χ2v) is 12.0. The van der Waals surface area contributed by atoms with Crippen LogP contribution in [0.25, 0.3) is 17.3 Å². The van der Waals surface area contributed by atoms with Gasteiger partial charge in [0, 0.05) is 38.7 Å². The lowest BCUT2D eigenvalue weighted by molar-refractivity contribution is -0.114. The molecular weight excluding hydrogens is 649 g/mol. The summed E-state index contributed by atoms with van der Waals surface area (Å²) in [4.78, 5) is 44.5. The first kappa shape index (κ1) is 33.8. The van der Waals surface area contributed by atoms with Crippen molar-refractivity contribution in [3.05, 3.63) is 119 Å². The van der Waals surface area contributed by atoms with E-state index in [9.17, 15) is 14.4 Å². The van der Waals surface area contributed by atoms with E-state index in [-0.39, 0.29) is 17.4 Å². The number of carbonyl (C=O) groups is 3. The number of nitrogens with one attached hydrogen (secondary N) is 3. The first-order chi connectivity index (χ1) is 23.3. The molecule has 0 aliphatic carbocycles. The SMILES string of the molecule is COc1cccc(-c2csc(NC(=O)CSc3ccc(NC(=O)/C(=C/c4ccc(OC)cc4OC)NC(=O)c4ccccc4)cc3)n2)c1. The Morgan fingerprint density at radius 2 is 1.56 bits per heavy atom. The molecule has 48 heavy (non-hydrogen) atoms. The normalized spacial score (nSPS) is 10.9. The summed E-state index contributed by atoms with van der Waals surface area (Å²) in [7, 11) is 4.67. The molecule has 5 aromatic rings. The number of ether oxygens (including phenoxy) is 3. The third-order valence-corrected chi connectivity index (χ3v) is 8.64. The number of rotatable bonds is 13. The van der Waals surface area contributed by atoms with Gasteiger partial charge in [0.05, 0.1) is 32.8 Å². The number of carbonyl (C=O) groups excluding carboxylic acids is 3. The molecule has 5 rings (SSSR count). The lowest BCUT2D eigenvalue weighted by Gasteiger charge is -2.13. The number of hydrogen-bond acceptors (Lipinski definition) is 9. The van der Waals surface area contributed by atoms with Gasteiger partial charge >= 0.3 is 0 Å². The molecule has 244 valence electrons. The first-order valence-electron chi connectivity index (χ1n) is 14.6. The van der Waals surface area contributed by atoms with Gasteiger partial charge in [0.1, 0.15) is 22.9 Å². The minimum atomic E-state index is -0.534. The van der Waals surface area contributed by atoms with Gasteiger partial charge in [0.25, 0.3) is 11.8 Å². The number of thioether (sulfide) groups is 1. The van der Waals surface area contributed by atoms with E-state index >= 15 is 0 Å². The van der Waals surface area contributed by atoms with Crippen molar-refractivity contribution in [1.82, 2.24) is 10.3 Å². The van der Waals surface area contributed by atoms with Crippen LogP contribution >= 0.6 is 23.1 Å². The molecule has 1 aromatic heterocycles. The fraction of sp³-hybridized carbons (Fsp3) is 0.111. The van der Waals surface area contributed by atoms with E-state index in [1.165, 1.54) is 30.2 Å². The predicted octanol–water partition coefficient (Wildman–Crippen LogP) is 6.98. The van der Waals surface area contributed by atoms with E-state index < -0.39 is 11.8 Å². The van der Waals surface area contributed by atoms with Crippen molar-refractivity contribution in [3.63, 3.8) is 0 Å². The second kappa shape index (κ2) is 16.3. The van der Waals surface area contributed by atoms with Crippen LogP contribution in [0.5, 0.6) is 17.2 Å². The van der Waals surface area contributed by atoms with Crippen LogP contribution in [0.4, 0.5) is 10.8 Å². The van der Waals surface area contributed by atoms with E-state index in [1.54, 1.807) is 93.1 Å². The first-order valence-corrected chi connectivity index (χ1v) is 16.5. The Bertz CT molecular complexity index is 1930. The van der Waals surface area contributed by atoms with Gasteiger partial charge in [0.15, 0.2) is 5.13 Å². The molecule has 3 amide bonds. The monoisotopic (exact) mass is 680 g/mol. The summed E-state index contributed by atoms with van der Waals surface area (Å²) in [5, 5.41) is 10.8. The predicted molar refractivity (Wildman–Crippen MR) is 190 cm³/mol. The fourth-order valence-electron chi connectivity index (χ4n) is 4.42. The molecule has 0 atom stereocenters. The highest BCUT2D eigenvalue weighted by Crippen LogP contribution is 2.29. The molecule has 3 N–H and O–H groups in total. The van der Waals surface area contributed by atoms with Gasteiger partial charge in [-0.25, -0.2) is 4.98 Å². The lowest BCUT2D eigenvalue weighted by atomic mass is 10.1. The van der Waals surface area contributed by atoms with Crippen LogP contribution in [0.1, 0.15) is 15.9 Å². The zero-order valence-corrected chi connectivity index (χ0v) is 27.9. The molecule has 0 bridgehead atoms. The van der Waals surface area contributed by atoms with E-state index in [0.29, 0.717) is 33.4 Å². The van der Waals surface area contributed by atoms with Crippen LogP contribution in [0, 0.1) is 0 Å². The van der Waals surface area contributed by atoms with Crippen molar-refractivity contribution in [3.8, 4) is 28.5 Å².